The fraction of sp³-hybridized carbons (Fsp3) is 0.200. The van der Waals surface area contributed by atoms with Crippen molar-refractivity contribution in [3.05, 3.63) is 65.0 Å². The Kier molecular flexibility index (Phi) is 4.56. The van der Waals surface area contributed by atoms with Gasteiger partial charge in [0, 0.05) is 5.56 Å². The van der Waals surface area contributed by atoms with Gasteiger partial charge in [0.05, 0.1) is 17.5 Å². The van der Waals surface area contributed by atoms with Crippen LogP contribution in [0.5, 0.6) is 5.75 Å². The molecule has 0 spiro atoms. The van der Waals surface area contributed by atoms with Crippen molar-refractivity contribution in [1.29, 1.82) is 0 Å². The van der Waals surface area contributed by atoms with Crippen LogP contribution in [0.3, 0.4) is 0 Å². The van der Waals surface area contributed by atoms with Gasteiger partial charge in [0.15, 0.2) is 0 Å². The molecular weight excluding hydrogens is 352 g/mol. The van der Waals surface area contributed by atoms with Gasteiger partial charge in [-0.2, -0.15) is 13.2 Å². The molecule has 1 atom stereocenters. The number of rotatable bonds is 3. The first-order valence-electron chi connectivity index (χ1n) is 5.98. The molecule has 21 heavy (non-hydrogen) atoms. The van der Waals surface area contributed by atoms with Crippen LogP contribution in [0.15, 0.2) is 42.5 Å². The van der Waals surface area contributed by atoms with E-state index in [4.69, 9.17) is 4.74 Å². The maximum Gasteiger partial charge on any atom is 0.419 e. The quantitative estimate of drug-likeness (QED) is 0.529. The predicted octanol–water partition coefficient (Wildman–Crippen LogP) is 5.34. The molecule has 0 aliphatic heterocycles. The second kappa shape index (κ2) is 6.05. The Bertz CT molecular complexity index is 623. The Morgan fingerprint density at radius 3 is 2.19 bits per heavy atom. The monoisotopic (exact) mass is 362 g/mol. The van der Waals surface area contributed by atoms with Crippen LogP contribution in [-0.2, 0) is 6.18 Å². The Morgan fingerprint density at radius 2 is 1.67 bits per heavy atom. The lowest BCUT2D eigenvalue weighted by molar-refractivity contribution is -0.140. The molecule has 0 aromatic heterocycles. The number of benzene rings is 2. The molecule has 2 aromatic carbocycles. The van der Waals surface area contributed by atoms with Crippen molar-refractivity contribution < 1.29 is 22.3 Å². The van der Waals surface area contributed by atoms with Crippen molar-refractivity contribution in [3.63, 3.8) is 0 Å². The first kappa shape index (κ1) is 15.8. The third kappa shape index (κ3) is 3.37. The Balaban J connectivity index is 2.41. The summed E-state index contributed by atoms with van der Waals surface area (Å²) in [5.41, 5.74) is -0.693. The van der Waals surface area contributed by atoms with Gasteiger partial charge in [-0.15, -0.1) is 0 Å². The topological polar surface area (TPSA) is 9.23 Å². The summed E-state index contributed by atoms with van der Waals surface area (Å²) in [4.78, 5) is -0.675. The van der Waals surface area contributed by atoms with Crippen LogP contribution in [0, 0.1) is 5.82 Å². The highest BCUT2D eigenvalue weighted by atomic mass is 79.9. The summed E-state index contributed by atoms with van der Waals surface area (Å²) in [5, 5.41) is 0. The lowest BCUT2D eigenvalue weighted by atomic mass is 10.0. The molecule has 1 nitrogen and oxygen atoms in total. The highest BCUT2D eigenvalue weighted by molar-refractivity contribution is 9.09. The molecule has 0 aliphatic carbocycles. The third-order valence-corrected chi connectivity index (χ3v) is 4.04. The molecule has 0 N–H and O–H groups in total. The van der Waals surface area contributed by atoms with Gasteiger partial charge in [0.1, 0.15) is 11.6 Å². The molecule has 0 heterocycles. The van der Waals surface area contributed by atoms with Crippen molar-refractivity contribution >= 4 is 15.9 Å². The van der Waals surface area contributed by atoms with E-state index in [0.29, 0.717) is 11.3 Å². The molecule has 0 saturated carbocycles. The van der Waals surface area contributed by atoms with E-state index in [1.54, 1.807) is 24.3 Å². The lowest BCUT2D eigenvalue weighted by Gasteiger charge is -2.15. The average molecular weight is 363 g/mol. The van der Waals surface area contributed by atoms with Gasteiger partial charge in [-0.1, -0.05) is 40.2 Å². The SMILES string of the molecule is COc1ccc(C(Br)c2cccc(C(F)(F)F)c2F)cc1. The van der Waals surface area contributed by atoms with Crippen LogP contribution in [0.1, 0.15) is 21.5 Å². The van der Waals surface area contributed by atoms with Gasteiger partial charge in [-0.25, -0.2) is 4.39 Å². The maximum absolute atomic E-state index is 14.1. The first-order chi connectivity index (χ1) is 9.84. The molecule has 0 radical (unpaired) electrons. The van der Waals surface area contributed by atoms with Crippen LogP contribution in [-0.4, -0.2) is 7.11 Å². The normalized spacial score (nSPS) is 13.0. The summed E-state index contributed by atoms with van der Waals surface area (Å²) in [6.45, 7) is 0. The summed E-state index contributed by atoms with van der Waals surface area (Å²) >= 11 is 3.24. The largest absolute Gasteiger partial charge is 0.497 e. The molecule has 0 aliphatic rings. The van der Waals surface area contributed by atoms with Crippen LogP contribution in [0.25, 0.3) is 0 Å². The highest BCUT2D eigenvalue weighted by Crippen LogP contribution is 2.38. The van der Waals surface area contributed by atoms with Crippen molar-refractivity contribution in [3.8, 4) is 5.75 Å². The summed E-state index contributed by atoms with van der Waals surface area (Å²) in [7, 11) is 1.51. The minimum Gasteiger partial charge on any atom is -0.497 e. The number of ether oxygens (including phenoxy) is 1. The smallest absolute Gasteiger partial charge is 0.419 e. The molecule has 0 saturated heterocycles. The summed E-state index contributed by atoms with van der Waals surface area (Å²) in [6.07, 6.45) is -4.72. The zero-order chi connectivity index (χ0) is 15.6. The molecule has 0 amide bonds. The first-order valence-corrected chi connectivity index (χ1v) is 6.89. The standard InChI is InChI=1S/C15H11BrF4O/c1-21-10-7-5-9(6-8-10)13(16)11-3-2-4-12(14(11)17)15(18,19)20/h2-8,13H,1H3. The van der Waals surface area contributed by atoms with E-state index in [1.807, 2.05) is 0 Å². The van der Waals surface area contributed by atoms with Gasteiger partial charge < -0.3 is 4.74 Å². The number of hydrogen-bond acceptors (Lipinski definition) is 1. The number of hydrogen-bond donors (Lipinski definition) is 0. The lowest BCUT2D eigenvalue weighted by Crippen LogP contribution is -2.10. The Hall–Kier alpha value is -1.56. The maximum atomic E-state index is 14.1. The number of halogens is 5. The summed E-state index contributed by atoms with van der Waals surface area (Å²) < 4.78 is 57.2. The molecular formula is C15H11BrF4O. The Morgan fingerprint density at radius 1 is 1.05 bits per heavy atom. The third-order valence-electron chi connectivity index (χ3n) is 3.02. The van der Waals surface area contributed by atoms with Gasteiger partial charge in [-0.05, 0) is 23.8 Å². The van der Waals surface area contributed by atoms with Crippen LogP contribution in [0.2, 0.25) is 0 Å². The van der Waals surface area contributed by atoms with E-state index < -0.39 is 22.4 Å². The second-order valence-corrected chi connectivity index (χ2v) is 5.26. The van der Waals surface area contributed by atoms with Gasteiger partial charge >= 0.3 is 6.18 Å². The van der Waals surface area contributed by atoms with Gasteiger partial charge in [-0.3, -0.25) is 0 Å². The van der Waals surface area contributed by atoms with Crippen LogP contribution >= 0.6 is 15.9 Å². The highest BCUT2D eigenvalue weighted by Gasteiger charge is 2.35. The van der Waals surface area contributed by atoms with Crippen molar-refractivity contribution in [2.75, 3.05) is 7.11 Å². The predicted molar refractivity (Wildman–Crippen MR) is 75.2 cm³/mol. The minimum absolute atomic E-state index is 0.0602. The van der Waals surface area contributed by atoms with E-state index in [2.05, 4.69) is 15.9 Å². The number of methoxy groups -OCH3 is 1. The summed E-state index contributed by atoms with van der Waals surface area (Å²) in [6, 6.07) is 9.90. The van der Waals surface area contributed by atoms with Crippen LogP contribution < -0.4 is 4.74 Å². The van der Waals surface area contributed by atoms with E-state index in [0.717, 1.165) is 6.07 Å². The fourth-order valence-corrected chi connectivity index (χ4v) is 2.58. The minimum atomic E-state index is -4.72. The van der Waals surface area contributed by atoms with E-state index in [-0.39, 0.29) is 5.56 Å². The van der Waals surface area contributed by atoms with Crippen molar-refractivity contribution in [1.82, 2.24) is 0 Å². The molecule has 112 valence electrons. The molecule has 0 bridgehead atoms. The van der Waals surface area contributed by atoms with E-state index in [9.17, 15) is 17.6 Å². The van der Waals surface area contributed by atoms with E-state index >= 15 is 0 Å². The van der Waals surface area contributed by atoms with Crippen molar-refractivity contribution in [2.45, 2.75) is 11.0 Å². The molecule has 2 aromatic rings. The Labute approximate surface area is 127 Å². The molecule has 0 fully saturated rings. The van der Waals surface area contributed by atoms with Gasteiger partial charge in [0.25, 0.3) is 0 Å². The zero-order valence-corrected chi connectivity index (χ0v) is 12.5. The number of alkyl halides is 4. The molecule has 6 heteroatoms. The molecule has 2 rings (SSSR count). The van der Waals surface area contributed by atoms with Crippen LogP contribution in [0.4, 0.5) is 17.6 Å². The van der Waals surface area contributed by atoms with E-state index in [1.165, 1.54) is 19.2 Å². The van der Waals surface area contributed by atoms with Gasteiger partial charge in [0.2, 0.25) is 0 Å². The molecule has 1 unspecified atom stereocenters. The second-order valence-electron chi connectivity index (χ2n) is 4.34. The summed E-state index contributed by atoms with van der Waals surface area (Å²) in [5.74, 6) is -0.648. The average Bonchev–Trinajstić information content (AvgIpc) is 2.45. The van der Waals surface area contributed by atoms with Crippen molar-refractivity contribution in [2.24, 2.45) is 0 Å². The zero-order valence-electron chi connectivity index (χ0n) is 10.9. The fourth-order valence-electron chi connectivity index (χ4n) is 1.92.